The van der Waals surface area contributed by atoms with Crippen molar-refractivity contribution in [1.82, 2.24) is 9.62 Å². The zero-order valence-electron chi connectivity index (χ0n) is 14.1. The van der Waals surface area contributed by atoms with Crippen molar-refractivity contribution in [2.45, 2.75) is 44.6 Å². The molecule has 2 fully saturated rings. The number of nitrogens with one attached hydrogen (secondary N) is 1. The molecule has 2 heterocycles. The lowest BCUT2D eigenvalue weighted by atomic mass is 9.93. The summed E-state index contributed by atoms with van der Waals surface area (Å²) in [7, 11) is -3.14. The van der Waals surface area contributed by atoms with Gasteiger partial charge < -0.3 is 5.32 Å². The van der Waals surface area contributed by atoms with Crippen molar-refractivity contribution in [3.05, 3.63) is 22.4 Å². The van der Waals surface area contributed by atoms with Crippen LogP contribution < -0.4 is 5.32 Å². The number of rotatable bonds is 5. The lowest BCUT2D eigenvalue weighted by molar-refractivity contribution is -0.127. The number of hydrogen-bond acceptors (Lipinski definition) is 4. The van der Waals surface area contributed by atoms with Gasteiger partial charge in [-0.2, -0.15) is 0 Å². The van der Waals surface area contributed by atoms with E-state index in [2.05, 4.69) is 16.8 Å². The Kier molecular flexibility index (Phi) is 5.62. The van der Waals surface area contributed by atoms with Crippen LogP contribution in [0.2, 0.25) is 0 Å². The Hall–Kier alpha value is -0.920. The summed E-state index contributed by atoms with van der Waals surface area (Å²) < 4.78 is 24.7. The maximum atomic E-state index is 12.7. The van der Waals surface area contributed by atoms with Crippen molar-refractivity contribution >= 4 is 27.3 Å². The Morgan fingerprint density at radius 3 is 2.46 bits per heavy atom. The van der Waals surface area contributed by atoms with Gasteiger partial charge in [0.2, 0.25) is 15.9 Å². The molecule has 1 saturated heterocycles. The highest BCUT2D eigenvalue weighted by Crippen LogP contribution is 2.37. The van der Waals surface area contributed by atoms with Gasteiger partial charge >= 0.3 is 0 Å². The van der Waals surface area contributed by atoms with Crippen LogP contribution in [0.4, 0.5) is 0 Å². The number of sulfonamides is 1. The van der Waals surface area contributed by atoms with Crippen LogP contribution in [0, 0.1) is 11.8 Å². The topological polar surface area (TPSA) is 66.5 Å². The Balaban J connectivity index is 1.62. The summed E-state index contributed by atoms with van der Waals surface area (Å²) in [5.41, 5.74) is 0. The van der Waals surface area contributed by atoms with E-state index in [1.54, 1.807) is 11.3 Å². The van der Waals surface area contributed by atoms with Gasteiger partial charge in [0.05, 0.1) is 12.3 Å². The quantitative estimate of drug-likeness (QED) is 0.867. The number of amides is 1. The Bertz CT molecular complexity index is 643. The van der Waals surface area contributed by atoms with Crippen LogP contribution in [0.3, 0.4) is 0 Å². The van der Waals surface area contributed by atoms with E-state index >= 15 is 0 Å². The van der Waals surface area contributed by atoms with E-state index in [1.807, 2.05) is 6.07 Å². The van der Waals surface area contributed by atoms with Gasteiger partial charge in [0.15, 0.2) is 0 Å². The number of nitrogens with zero attached hydrogens (tertiary/aromatic N) is 1. The zero-order valence-corrected chi connectivity index (χ0v) is 15.7. The van der Waals surface area contributed by atoms with Crippen LogP contribution in [0.5, 0.6) is 0 Å². The van der Waals surface area contributed by atoms with E-state index in [0.29, 0.717) is 31.8 Å². The van der Waals surface area contributed by atoms with E-state index in [1.165, 1.54) is 41.1 Å². The second-order valence-electron chi connectivity index (χ2n) is 6.98. The fraction of sp³-hybridized carbons (Fsp3) is 0.706. The van der Waals surface area contributed by atoms with Crippen LogP contribution in [0.1, 0.15) is 49.4 Å². The van der Waals surface area contributed by atoms with Gasteiger partial charge in [-0.3, -0.25) is 4.79 Å². The fourth-order valence-electron chi connectivity index (χ4n) is 3.90. The van der Waals surface area contributed by atoms with Gasteiger partial charge in [-0.25, -0.2) is 12.7 Å². The lowest BCUT2D eigenvalue weighted by Gasteiger charge is -2.31. The van der Waals surface area contributed by atoms with E-state index in [0.717, 1.165) is 0 Å². The lowest BCUT2D eigenvalue weighted by Crippen LogP contribution is -2.44. The minimum atomic E-state index is -3.14. The molecule has 0 radical (unpaired) electrons. The van der Waals surface area contributed by atoms with Gasteiger partial charge in [0.25, 0.3) is 0 Å². The van der Waals surface area contributed by atoms with Crippen LogP contribution in [-0.4, -0.2) is 38.0 Å². The predicted molar refractivity (Wildman–Crippen MR) is 96.3 cm³/mol. The highest BCUT2D eigenvalue weighted by Gasteiger charge is 2.33. The van der Waals surface area contributed by atoms with E-state index in [9.17, 15) is 13.2 Å². The molecule has 2 aliphatic rings. The van der Waals surface area contributed by atoms with Crippen molar-refractivity contribution in [2.24, 2.45) is 11.8 Å². The zero-order chi connectivity index (χ0) is 17.2. The first-order valence-electron chi connectivity index (χ1n) is 8.74. The summed E-state index contributed by atoms with van der Waals surface area (Å²) >= 11 is 1.71. The third-order valence-corrected chi connectivity index (χ3v) is 7.57. The van der Waals surface area contributed by atoms with Gasteiger partial charge in [-0.1, -0.05) is 18.9 Å². The molecule has 134 valence electrons. The third-order valence-electron chi connectivity index (χ3n) is 5.31. The summed E-state index contributed by atoms with van der Waals surface area (Å²) in [6, 6.07) is 4.27. The van der Waals surface area contributed by atoms with Crippen molar-refractivity contribution in [3.63, 3.8) is 0 Å². The number of piperidine rings is 1. The first kappa shape index (κ1) is 17.9. The Morgan fingerprint density at radius 2 is 1.92 bits per heavy atom. The predicted octanol–water partition coefficient (Wildman–Crippen LogP) is 2.77. The summed E-state index contributed by atoms with van der Waals surface area (Å²) in [5.74, 6) is 0.545. The standard InChI is InChI=1S/C17H26N2O3S2/c1-24(21,22)19-10-8-14(9-11-19)17(20)18-16(13-5-2-3-6-13)15-7-4-12-23-15/h4,7,12-14,16H,2-3,5-6,8-11H2,1H3,(H,18,20)/t16-/m1/s1. The van der Waals surface area contributed by atoms with Gasteiger partial charge in [-0.05, 0) is 43.0 Å². The number of carbonyl (C=O) groups is 1. The highest BCUT2D eigenvalue weighted by atomic mass is 32.2. The minimum Gasteiger partial charge on any atom is -0.348 e. The normalized spacial score (nSPS) is 22.5. The minimum absolute atomic E-state index is 0.0770. The van der Waals surface area contributed by atoms with Crippen molar-refractivity contribution in [3.8, 4) is 0 Å². The summed E-state index contributed by atoms with van der Waals surface area (Å²) in [4.78, 5) is 14.0. The Morgan fingerprint density at radius 1 is 1.25 bits per heavy atom. The van der Waals surface area contributed by atoms with Crippen LogP contribution >= 0.6 is 11.3 Å². The maximum Gasteiger partial charge on any atom is 0.223 e. The van der Waals surface area contributed by atoms with Crippen LogP contribution in [0.25, 0.3) is 0 Å². The number of hydrogen-bond donors (Lipinski definition) is 1. The molecule has 3 rings (SSSR count). The Labute approximate surface area is 148 Å². The molecular formula is C17H26N2O3S2. The molecule has 1 aliphatic heterocycles. The molecular weight excluding hydrogens is 344 g/mol. The monoisotopic (exact) mass is 370 g/mol. The molecule has 1 aromatic heterocycles. The van der Waals surface area contributed by atoms with E-state index in [4.69, 9.17) is 0 Å². The summed E-state index contributed by atoms with van der Waals surface area (Å²) in [5, 5.41) is 5.35. The molecule has 1 saturated carbocycles. The molecule has 7 heteroatoms. The summed E-state index contributed by atoms with van der Waals surface area (Å²) in [6.07, 6.45) is 7.30. The smallest absolute Gasteiger partial charge is 0.223 e. The first-order valence-corrected chi connectivity index (χ1v) is 11.5. The van der Waals surface area contributed by atoms with Gasteiger partial charge in [-0.15, -0.1) is 11.3 Å². The molecule has 0 spiro atoms. The van der Waals surface area contributed by atoms with Crippen LogP contribution in [0.15, 0.2) is 17.5 Å². The largest absolute Gasteiger partial charge is 0.348 e. The fourth-order valence-corrected chi connectivity index (χ4v) is 5.64. The second kappa shape index (κ2) is 7.54. The van der Waals surface area contributed by atoms with Gasteiger partial charge in [0.1, 0.15) is 0 Å². The molecule has 24 heavy (non-hydrogen) atoms. The van der Waals surface area contributed by atoms with E-state index in [-0.39, 0.29) is 17.9 Å². The van der Waals surface area contributed by atoms with E-state index < -0.39 is 10.0 Å². The molecule has 0 unspecified atom stereocenters. The van der Waals surface area contributed by atoms with Crippen LogP contribution in [-0.2, 0) is 14.8 Å². The van der Waals surface area contributed by atoms with Gasteiger partial charge in [0, 0.05) is 23.9 Å². The highest BCUT2D eigenvalue weighted by molar-refractivity contribution is 7.88. The molecule has 1 amide bonds. The number of thiophene rings is 1. The third kappa shape index (κ3) is 4.18. The average molecular weight is 371 g/mol. The summed E-state index contributed by atoms with van der Waals surface area (Å²) in [6.45, 7) is 0.897. The molecule has 1 aliphatic carbocycles. The molecule has 1 N–H and O–H groups in total. The van der Waals surface area contributed by atoms with Crippen molar-refractivity contribution in [1.29, 1.82) is 0 Å². The van der Waals surface area contributed by atoms with Crippen molar-refractivity contribution < 1.29 is 13.2 Å². The first-order chi connectivity index (χ1) is 11.4. The maximum absolute atomic E-state index is 12.7. The van der Waals surface area contributed by atoms with Crippen molar-refractivity contribution in [2.75, 3.05) is 19.3 Å². The average Bonchev–Trinajstić information content (AvgIpc) is 3.25. The molecule has 5 nitrogen and oxygen atoms in total. The molecule has 0 bridgehead atoms. The second-order valence-corrected chi connectivity index (χ2v) is 9.94. The molecule has 1 atom stereocenters. The molecule has 1 aromatic rings. The number of carbonyl (C=O) groups excluding carboxylic acids is 1. The SMILES string of the molecule is CS(=O)(=O)N1CCC(C(=O)N[C@@H](c2cccs2)C2CCCC2)CC1. The molecule has 0 aromatic carbocycles.